The van der Waals surface area contributed by atoms with E-state index in [0.29, 0.717) is 0 Å². The summed E-state index contributed by atoms with van der Waals surface area (Å²) >= 11 is 0. The molecular formula is C7H15NO2. The summed E-state index contributed by atoms with van der Waals surface area (Å²) in [6.45, 7) is 3.52. The Labute approximate surface area is 61.5 Å². The molecular weight excluding hydrogens is 130 g/mol. The van der Waals surface area contributed by atoms with Crippen LogP contribution in [-0.2, 0) is 9.47 Å². The largest absolute Gasteiger partial charge is 0.350 e. The van der Waals surface area contributed by atoms with Gasteiger partial charge >= 0.3 is 0 Å². The number of hydrogen-bond donors (Lipinski definition) is 1. The van der Waals surface area contributed by atoms with Gasteiger partial charge < -0.3 is 15.2 Å². The molecule has 10 heavy (non-hydrogen) atoms. The molecule has 0 aromatic carbocycles. The first kappa shape index (κ1) is 7.98. The van der Waals surface area contributed by atoms with Gasteiger partial charge in [0, 0.05) is 12.5 Å². The molecule has 1 heterocycles. The second kappa shape index (κ2) is 3.91. The topological polar surface area (TPSA) is 44.5 Å². The highest BCUT2D eigenvalue weighted by Crippen LogP contribution is 2.10. The van der Waals surface area contributed by atoms with Gasteiger partial charge in [0.05, 0.1) is 13.2 Å². The fourth-order valence-electron chi connectivity index (χ4n) is 0.957. The van der Waals surface area contributed by atoms with Crippen molar-refractivity contribution in [1.29, 1.82) is 0 Å². The number of ether oxygens (including phenoxy) is 2. The fraction of sp³-hybridized carbons (Fsp3) is 1.00. The molecule has 1 atom stereocenters. The van der Waals surface area contributed by atoms with Crippen molar-refractivity contribution in [2.24, 2.45) is 5.73 Å². The Bertz CT molecular complexity index is 91.6. The van der Waals surface area contributed by atoms with Crippen LogP contribution in [0.25, 0.3) is 0 Å². The fourth-order valence-corrected chi connectivity index (χ4v) is 0.957. The van der Waals surface area contributed by atoms with Crippen molar-refractivity contribution in [1.82, 2.24) is 0 Å². The lowest BCUT2D eigenvalue weighted by atomic mass is 10.2. The van der Waals surface area contributed by atoms with Crippen molar-refractivity contribution < 1.29 is 9.47 Å². The molecule has 3 nitrogen and oxygen atoms in total. The molecule has 0 aromatic rings. The van der Waals surface area contributed by atoms with Gasteiger partial charge in [-0.25, -0.2) is 0 Å². The minimum atomic E-state index is -0.0325. The van der Waals surface area contributed by atoms with Crippen LogP contribution in [0.2, 0.25) is 0 Å². The molecule has 0 aromatic heterocycles. The van der Waals surface area contributed by atoms with Crippen LogP contribution < -0.4 is 5.73 Å². The standard InChI is InChI=1S/C7H15NO2/c1-2-6(8)5-7-9-3-4-10-7/h6-7H,2-5,8H2,1H3. The molecule has 0 amide bonds. The van der Waals surface area contributed by atoms with E-state index < -0.39 is 0 Å². The summed E-state index contributed by atoms with van der Waals surface area (Å²) in [5.74, 6) is 0. The van der Waals surface area contributed by atoms with Gasteiger partial charge in [-0.15, -0.1) is 0 Å². The van der Waals surface area contributed by atoms with Crippen LogP contribution in [0.3, 0.4) is 0 Å². The Balaban J connectivity index is 2.11. The van der Waals surface area contributed by atoms with Crippen LogP contribution in [0.1, 0.15) is 19.8 Å². The van der Waals surface area contributed by atoms with Gasteiger partial charge in [0.25, 0.3) is 0 Å². The Morgan fingerprint density at radius 2 is 2.10 bits per heavy atom. The van der Waals surface area contributed by atoms with Crippen LogP contribution in [-0.4, -0.2) is 25.5 Å². The quantitative estimate of drug-likeness (QED) is 0.628. The van der Waals surface area contributed by atoms with Crippen LogP contribution in [0.5, 0.6) is 0 Å². The van der Waals surface area contributed by atoms with Gasteiger partial charge in [-0.2, -0.15) is 0 Å². The van der Waals surface area contributed by atoms with E-state index in [4.69, 9.17) is 15.2 Å². The third kappa shape index (κ3) is 2.25. The zero-order valence-electron chi connectivity index (χ0n) is 6.38. The SMILES string of the molecule is CCC(N)CC1OCCO1. The lowest BCUT2D eigenvalue weighted by Gasteiger charge is -2.12. The predicted molar refractivity (Wildman–Crippen MR) is 38.6 cm³/mol. The number of nitrogens with two attached hydrogens (primary N) is 1. The third-order valence-electron chi connectivity index (χ3n) is 1.71. The second-order valence-electron chi connectivity index (χ2n) is 2.58. The van der Waals surface area contributed by atoms with Crippen LogP contribution >= 0.6 is 0 Å². The minimum Gasteiger partial charge on any atom is -0.350 e. The summed E-state index contributed by atoms with van der Waals surface area (Å²) < 4.78 is 10.4. The molecule has 0 radical (unpaired) electrons. The molecule has 2 N–H and O–H groups in total. The van der Waals surface area contributed by atoms with Gasteiger partial charge in [-0.05, 0) is 6.42 Å². The molecule has 1 unspecified atom stereocenters. The van der Waals surface area contributed by atoms with Crippen LogP contribution in [0.4, 0.5) is 0 Å². The van der Waals surface area contributed by atoms with Crippen LogP contribution in [0.15, 0.2) is 0 Å². The molecule has 1 aliphatic rings. The normalized spacial score (nSPS) is 23.4. The van der Waals surface area contributed by atoms with Gasteiger partial charge in [-0.3, -0.25) is 0 Å². The maximum atomic E-state index is 5.69. The first-order valence-corrected chi connectivity index (χ1v) is 3.81. The highest BCUT2D eigenvalue weighted by Gasteiger charge is 2.17. The van der Waals surface area contributed by atoms with Crippen molar-refractivity contribution in [3.63, 3.8) is 0 Å². The van der Waals surface area contributed by atoms with Gasteiger partial charge in [-0.1, -0.05) is 6.92 Å². The van der Waals surface area contributed by atoms with Crippen molar-refractivity contribution in [3.8, 4) is 0 Å². The molecule has 0 saturated carbocycles. The molecule has 3 heteroatoms. The lowest BCUT2D eigenvalue weighted by molar-refractivity contribution is -0.0506. The van der Waals surface area contributed by atoms with Crippen LogP contribution in [0, 0.1) is 0 Å². The smallest absolute Gasteiger partial charge is 0.159 e. The molecule has 60 valence electrons. The van der Waals surface area contributed by atoms with E-state index in [1.165, 1.54) is 0 Å². The van der Waals surface area contributed by atoms with E-state index in [0.717, 1.165) is 26.1 Å². The van der Waals surface area contributed by atoms with Crippen molar-refractivity contribution in [2.75, 3.05) is 13.2 Å². The second-order valence-corrected chi connectivity index (χ2v) is 2.58. The van der Waals surface area contributed by atoms with E-state index in [1.54, 1.807) is 0 Å². The van der Waals surface area contributed by atoms with Gasteiger partial charge in [0.2, 0.25) is 0 Å². The number of rotatable bonds is 3. The molecule has 0 spiro atoms. The maximum absolute atomic E-state index is 5.69. The molecule has 1 aliphatic heterocycles. The Morgan fingerprint density at radius 3 is 2.60 bits per heavy atom. The van der Waals surface area contributed by atoms with Crippen molar-refractivity contribution in [2.45, 2.75) is 32.1 Å². The van der Waals surface area contributed by atoms with Crippen molar-refractivity contribution >= 4 is 0 Å². The lowest BCUT2D eigenvalue weighted by Crippen LogP contribution is -2.25. The van der Waals surface area contributed by atoms with E-state index in [2.05, 4.69) is 6.92 Å². The molecule has 1 rings (SSSR count). The van der Waals surface area contributed by atoms with Gasteiger partial charge in [0.1, 0.15) is 0 Å². The molecule has 1 fully saturated rings. The van der Waals surface area contributed by atoms with E-state index in [-0.39, 0.29) is 12.3 Å². The Kier molecular flexibility index (Phi) is 3.12. The molecule has 1 saturated heterocycles. The number of hydrogen-bond acceptors (Lipinski definition) is 3. The first-order chi connectivity index (χ1) is 4.83. The summed E-state index contributed by atoms with van der Waals surface area (Å²) in [6, 6.07) is 0.225. The predicted octanol–water partition coefficient (Wildman–Crippen LogP) is 0.487. The monoisotopic (exact) mass is 145 g/mol. The van der Waals surface area contributed by atoms with E-state index in [1.807, 2.05) is 0 Å². The highest BCUT2D eigenvalue weighted by molar-refractivity contribution is 4.63. The zero-order chi connectivity index (χ0) is 7.40. The Morgan fingerprint density at radius 1 is 1.50 bits per heavy atom. The molecule has 0 bridgehead atoms. The Hall–Kier alpha value is -0.120. The third-order valence-corrected chi connectivity index (χ3v) is 1.71. The van der Waals surface area contributed by atoms with Crippen molar-refractivity contribution in [3.05, 3.63) is 0 Å². The average Bonchev–Trinajstić information content (AvgIpc) is 2.40. The van der Waals surface area contributed by atoms with E-state index in [9.17, 15) is 0 Å². The summed E-state index contributed by atoms with van der Waals surface area (Å²) in [4.78, 5) is 0. The molecule has 0 aliphatic carbocycles. The summed E-state index contributed by atoms with van der Waals surface area (Å²) in [5.41, 5.74) is 5.69. The first-order valence-electron chi connectivity index (χ1n) is 3.81. The minimum absolute atomic E-state index is 0.0325. The van der Waals surface area contributed by atoms with Gasteiger partial charge in [0.15, 0.2) is 6.29 Å². The maximum Gasteiger partial charge on any atom is 0.159 e. The summed E-state index contributed by atoms with van der Waals surface area (Å²) in [7, 11) is 0. The summed E-state index contributed by atoms with van der Waals surface area (Å²) in [5, 5.41) is 0. The summed E-state index contributed by atoms with van der Waals surface area (Å²) in [6.07, 6.45) is 1.79. The highest BCUT2D eigenvalue weighted by atomic mass is 16.7. The zero-order valence-corrected chi connectivity index (χ0v) is 6.38. The average molecular weight is 145 g/mol. The van der Waals surface area contributed by atoms with E-state index >= 15 is 0 Å².